The van der Waals surface area contributed by atoms with E-state index < -0.39 is 0 Å². The zero-order chi connectivity index (χ0) is 11.6. The molecule has 0 spiro atoms. The van der Waals surface area contributed by atoms with Gasteiger partial charge in [-0.05, 0) is 57.1 Å². The van der Waals surface area contributed by atoms with E-state index in [-0.39, 0.29) is 4.75 Å². The van der Waals surface area contributed by atoms with Crippen molar-refractivity contribution in [1.29, 1.82) is 0 Å². The molecule has 0 amide bonds. The maximum Gasteiger partial charge on any atom is 0.151 e. The standard InChI is InChI=1S/C14H24OS/c1-3-11-5-7-12(8-6-11)13(15)14(2)9-4-10-16-14/h11-12H,3-10H2,1-2H3. The number of rotatable bonds is 3. The molecule has 1 heterocycles. The quantitative estimate of drug-likeness (QED) is 0.740. The molecule has 16 heavy (non-hydrogen) atoms. The third kappa shape index (κ3) is 2.47. The SMILES string of the molecule is CCC1CCC(C(=O)C2(C)CCCS2)CC1. The molecule has 1 aliphatic heterocycles. The highest BCUT2D eigenvalue weighted by molar-refractivity contribution is 8.01. The molecule has 0 aromatic heterocycles. The van der Waals surface area contributed by atoms with E-state index in [1.165, 1.54) is 31.4 Å². The van der Waals surface area contributed by atoms with Gasteiger partial charge < -0.3 is 0 Å². The van der Waals surface area contributed by atoms with E-state index >= 15 is 0 Å². The zero-order valence-corrected chi connectivity index (χ0v) is 11.4. The largest absolute Gasteiger partial charge is 0.298 e. The van der Waals surface area contributed by atoms with Gasteiger partial charge in [0.1, 0.15) is 0 Å². The summed E-state index contributed by atoms with van der Waals surface area (Å²) < 4.78 is -0.0241. The summed E-state index contributed by atoms with van der Waals surface area (Å²) >= 11 is 1.90. The van der Waals surface area contributed by atoms with Crippen LogP contribution in [0.15, 0.2) is 0 Å². The van der Waals surface area contributed by atoms with Crippen molar-refractivity contribution in [2.45, 2.75) is 63.5 Å². The third-order valence-electron chi connectivity index (χ3n) is 4.53. The van der Waals surface area contributed by atoms with Crippen LogP contribution in [0.2, 0.25) is 0 Å². The Labute approximate surface area is 104 Å². The molecule has 2 rings (SSSR count). The van der Waals surface area contributed by atoms with Crippen LogP contribution in [0.5, 0.6) is 0 Å². The number of carbonyl (C=O) groups excluding carboxylic acids is 1. The van der Waals surface area contributed by atoms with Crippen molar-refractivity contribution >= 4 is 17.5 Å². The summed E-state index contributed by atoms with van der Waals surface area (Å²) in [6, 6.07) is 0. The number of thioether (sulfide) groups is 1. The van der Waals surface area contributed by atoms with Gasteiger partial charge in [0.2, 0.25) is 0 Å². The number of hydrogen-bond acceptors (Lipinski definition) is 2. The first-order valence-electron chi connectivity index (χ1n) is 6.84. The second-order valence-corrected chi connectivity index (χ2v) is 7.27. The summed E-state index contributed by atoms with van der Waals surface area (Å²) in [4.78, 5) is 12.5. The lowest BCUT2D eigenvalue weighted by Crippen LogP contribution is -2.36. The number of ketones is 1. The lowest BCUT2D eigenvalue weighted by Gasteiger charge is -2.32. The van der Waals surface area contributed by atoms with Crippen molar-refractivity contribution < 1.29 is 4.79 Å². The number of carbonyl (C=O) groups is 1. The summed E-state index contributed by atoms with van der Waals surface area (Å²) in [6.07, 6.45) is 8.54. The van der Waals surface area contributed by atoms with Gasteiger partial charge in [-0.3, -0.25) is 4.79 Å². The van der Waals surface area contributed by atoms with Crippen molar-refractivity contribution in [3.63, 3.8) is 0 Å². The van der Waals surface area contributed by atoms with Crippen LogP contribution in [0, 0.1) is 11.8 Å². The van der Waals surface area contributed by atoms with Gasteiger partial charge in [0.15, 0.2) is 5.78 Å². The molecule has 0 radical (unpaired) electrons. The second-order valence-electron chi connectivity index (χ2n) is 5.67. The van der Waals surface area contributed by atoms with Crippen LogP contribution in [0.3, 0.4) is 0 Å². The molecule has 1 atom stereocenters. The van der Waals surface area contributed by atoms with E-state index in [0.29, 0.717) is 11.7 Å². The van der Waals surface area contributed by atoms with Crippen molar-refractivity contribution in [2.75, 3.05) is 5.75 Å². The fourth-order valence-corrected chi connectivity index (χ4v) is 4.57. The van der Waals surface area contributed by atoms with E-state index in [1.807, 2.05) is 11.8 Å². The van der Waals surface area contributed by atoms with Gasteiger partial charge in [-0.25, -0.2) is 0 Å². The molecule has 1 nitrogen and oxygen atoms in total. The highest BCUT2D eigenvalue weighted by Gasteiger charge is 2.41. The predicted octanol–water partition coefficient (Wildman–Crippen LogP) is 4.06. The van der Waals surface area contributed by atoms with Crippen LogP contribution in [-0.2, 0) is 4.79 Å². The first kappa shape index (κ1) is 12.5. The summed E-state index contributed by atoms with van der Waals surface area (Å²) in [5, 5.41) is 0. The first-order valence-corrected chi connectivity index (χ1v) is 7.82. The van der Waals surface area contributed by atoms with Gasteiger partial charge in [0.25, 0.3) is 0 Å². The van der Waals surface area contributed by atoms with Crippen LogP contribution in [-0.4, -0.2) is 16.3 Å². The minimum atomic E-state index is -0.0241. The molecule has 1 unspecified atom stereocenters. The van der Waals surface area contributed by atoms with Crippen molar-refractivity contribution in [3.8, 4) is 0 Å². The van der Waals surface area contributed by atoms with Crippen molar-refractivity contribution in [1.82, 2.24) is 0 Å². The Morgan fingerprint density at radius 1 is 1.31 bits per heavy atom. The molecular formula is C14H24OS. The molecule has 1 saturated heterocycles. The fourth-order valence-electron chi connectivity index (χ4n) is 3.24. The first-order chi connectivity index (χ1) is 7.65. The number of hydrogen-bond donors (Lipinski definition) is 0. The minimum Gasteiger partial charge on any atom is -0.298 e. The molecule has 2 heteroatoms. The van der Waals surface area contributed by atoms with E-state index in [9.17, 15) is 4.79 Å². The maximum absolute atomic E-state index is 12.5. The van der Waals surface area contributed by atoms with E-state index in [2.05, 4.69) is 13.8 Å². The Morgan fingerprint density at radius 3 is 2.50 bits per heavy atom. The molecule has 0 aromatic carbocycles. The monoisotopic (exact) mass is 240 g/mol. The average molecular weight is 240 g/mol. The van der Waals surface area contributed by atoms with Gasteiger partial charge in [-0.15, -0.1) is 11.8 Å². The molecule has 2 aliphatic rings. The lowest BCUT2D eigenvalue weighted by atomic mass is 9.76. The molecule has 1 aliphatic carbocycles. The highest BCUT2D eigenvalue weighted by Crippen LogP contribution is 2.43. The van der Waals surface area contributed by atoms with Crippen molar-refractivity contribution in [3.05, 3.63) is 0 Å². The maximum atomic E-state index is 12.5. The lowest BCUT2D eigenvalue weighted by molar-refractivity contribution is -0.126. The number of Topliss-reactive ketones (excluding diaryl/α,β-unsaturated/α-hetero) is 1. The van der Waals surface area contributed by atoms with Gasteiger partial charge >= 0.3 is 0 Å². The summed E-state index contributed by atoms with van der Waals surface area (Å²) in [5.41, 5.74) is 0. The van der Waals surface area contributed by atoms with Crippen LogP contribution in [0.25, 0.3) is 0 Å². The predicted molar refractivity (Wildman–Crippen MR) is 70.8 cm³/mol. The summed E-state index contributed by atoms with van der Waals surface area (Å²) in [7, 11) is 0. The summed E-state index contributed by atoms with van der Waals surface area (Å²) in [6.45, 7) is 4.46. The van der Waals surface area contributed by atoms with Gasteiger partial charge in [0.05, 0.1) is 4.75 Å². The minimum absolute atomic E-state index is 0.0241. The van der Waals surface area contributed by atoms with Crippen molar-refractivity contribution in [2.24, 2.45) is 11.8 Å². The fraction of sp³-hybridized carbons (Fsp3) is 0.929. The Kier molecular flexibility index (Phi) is 3.99. The molecule has 0 N–H and O–H groups in total. The summed E-state index contributed by atoms with van der Waals surface area (Å²) in [5.74, 6) is 3.04. The molecule has 92 valence electrons. The smallest absolute Gasteiger partial charge is 0.151 e. The third-order valence-corrected chi connectivity index (χ3v) is 6.07. The van der Waals surface area contributed by atoms with Gasteiger partial charge in [0, 0.05) is 5.92 Å². The van der Waals surface area contributed by atoms with Gasteiger partial charge in [-0.2, -0.15) is 0 Å². The second kappa shape index (κ2) is 5.12. The average Bonchev–Trinajstić information content (AvgIpc) is 2.77. The molecule has 0 bridgehead atoms. The van der Waals surface area contributed by atoms with Crippen LogP contribution in [0.4, 0.5) is 0 Å². The Balaban J connectivity index is 1.91. The Morgan fingerprint density at radius 2 is 2.00 bits per heavy atom. The topological polar surface area (TPSA) is 17.1 Å². The molecule has 0 aromatic rings. The normalized spacial score (nSPS) is 39.9. The van der Waals surface area contributed by atoms with E-state index in [4.69, 9.17) is 0 Å². The van der Waals surface area contributed by atoms with Crippen LogP contribution >= 0.6 is 11.8 Å². The Hall–Kier alpha value is 0.0200. The molecular weight excluding hydrogens is 216 g/mol. The zero-order valence-electron chi connectivity index (χ0n) is 10.6. The molecule has 1 saturated carbocycles. The van der Waals surface area contributed by atoms with Gasteiger partial charge in [-0.1, -0.05) is 13.3 Å². The van der Waals surface area contributed by atoms with E-state index in [1.54, 1.807) is 0 Å². The molecule has 2 fully saturated rings. The van der Waals surface area contributed by atoms with E-state index in [0.717, 1.165) is 25.2 Å². The highest BCUT2D eigenvalue weighted by atomic mass is 32.2. The Bertz CT molecular complexity index is 247. The van der Waals surface area contributed by atoms with Crippen LogP contribution in [0.1, 0.15) is 58.8 Å². The van der Waals surface area contributed by atoms with Crippen LogP contribution < -0.4 is 0 Å².